The molecule has 0 aliphatic carbocycles. The van der Waals surface area contributed by atoms with Crippen LogP contribution >= 0.6 is 0 Å². The van der Waals surface area contributed by atoms with Gasteiger partial charge in [0, 0.05) is 0 Å². The minimum atomic E-state index is -0.946. The molecule has 15 rings (SSSR count). The van der Waals surface area contributed by atoms with Crippen LogP contribution in [-0.4, -0.2) is 73.3 Å². The van der Waals surface area contributed by atoms with Crippen molar-refractivity contribution in [3.8, 4) is 44.5 Å². The average Bonchev–Trinajstić information content (AvgIpc) is 1.49. The average molecular weight is 1290 g/mol. The predicted molar refractivity (Wildman–Crippen MR) is 403 cm³/mol. The van der Waals surface area contributed by atoms with Crippen molar-refractivity contribution >= 4 is 82.6 Å². The zero-order chi connectivity index (χ0) is 88.1. The molecule has 11 aromatic carbocycles. The first-order chi connectivity index (χ1) is 55.1. The van der Waals surface area contributed by atoms with E-state index in [0.717, 1.165) is 27.2 Å². The van der Waals surface area contributed by atoms with Crippen LogP contribution in [0, 0.1) is 0 Å². The van der Waals surface area contributed by atoms with Crippen LogP contribution in [0.5, 0.6) is 0 Å². The van der Waals surface area contributed by atoms with E-state index in [2.05, 4.69) is 0 Å². The van der Waals surface area contributed by atoms with Crippen molar-refractivity contribution < 1.29 is 68.8 Å². The second-order valence-electron chi connectivity index (χ2n) is 28.1. The molecular weight excluding hydrogens is 1180 g/mol. The maximum Gasteiger partial charge on any atom is 0.494 e. The summed E-state index contributed by atoms with van der Waals surface area (Å²) in [6.45, 7) is 31.2. The monoisotopic (exact) mass is 1290 g/mol. The molecular formula is C84H90B4O8. The quantitative estimate of drug-likeness (QED) is 0.139. The van der Waals surface area contributed by atoms with Gasteiger partial charge >= 0.3 is 28.5 Å². The predicted octanol–water partition coefficient (Wildman–Crippen LogP) is 18.1. The van der Waals surface area contributed by atoms with E-state index in [-0.39, 0.29) is 152 Å². The van der Waals surface area contributed by atoms with Gasteiger partial charge in [0.2, 0.25) is 0 Å². The summed E-state index contributed by atoms with van der Waals surface area (Å²) in [5.74, 6) is 0. The molecule has 4 saturated heterocycles. The molecule has 4 heterocycles. The standard InChI is InChI=1S/3C22H23BO2.C18H21BO2/c1-21(2)22(3,4)25-23(24-21)18-14-12-17(13-15-18)20-11-7-9-16-8-5-6-10-19(16)20;2*1-21(2)22(3,4)25-23(24-21)20-13-11-17(12-14-20)19-10-9-16-7-5-6-8-18(16)15-19;1-17(2)18(3,4)21-19(20-17)16-12-10-15(11-13-16)14-8-6-5-7-9-14/h3*5-15H,1-4H3;5-13H,1-4H3/i5D,6D,7D,8D,9D,10D,11D;5D,6D,7D,8D,9D,10D,15D;11D,12D,13D,14D;5D,6D,7D,8D,9D. The van der Waals surface area contributed by atoms with Crippen LogP contribution < -0.4 is 21.9 Å². The molecule has 4 fully saturated rings. The third-order valence-corrected chi connectivity index (χ3v) is 19.4. The molecule has 0 N–H and O–H groups in total. The second kappa shape index (κ2) is 26.5. The molecule has 12 heteroatoms. The number of fused-ring (bicyclic) bond motifs is 3. The van der Waals surface area contributed by atoms with E-state index in [4.69, 9.17) is 68.8 Å². The van der Waals surface area contributed by atoms with Gasteiger partial charge in [0.05, 0.1) is 76.3 Å². The summed E-state index contributed by atoms with van der Waals surface area (Å²) in [6, 6.07) is 27.5. The molecule has 0 amide bonds. The topological polar surface area (TPSA) is 73.8 Å². The first-order valence-corrected chi connectivity index (χ1v) is 32.0. The molecule has 0 spiro atoms. The summed E-state index contributed by atoms with van der Waals surface area (Å²) in [5.41, 5.74) is 1.47. The van der Waals surface area contributed by atoms with Gasteiger partial charge in [-0.05, 0) is 222 Å². The molecule has 4 aliphatic rings. The summed E-state index contributed by atoms with van der Waals surface area (Å²) in [4.78, 5) is 0. The molecule has 8 nitrogen and oxygen atoms in total. The van der Waals surface area contributed by atoms with E-state index in [0.29, 0.717) is 22.3 Å². The van der Waals surface area contributed by atoms with E-state index < -0.39 is 110 Å². The molecule has 0 saturated carbocycles. The minimum absolute atomic E-state index is 0.0537. The van der Waals surface area contributed by atoms with Crippen LogP contribution in [0.1, 0.15) is 142 Å². The van der Waals surface area contributed by atoms with Crippen LogP contribution in [0.15, 0.2) is 254 Å². The van der Waals surface area contributed by atoms with Crippen molar-refractivity contribution in [2.24, 2.45) is 0 Å². The fourth-order valence-electron chi connectivity index (χ4n) is 10.6. The Morgan fingerprint density at radius 3 is 1.07 bits per heavy atom. The number of benzene rings is 11. The first kappa shape index (κ1) is 44.9. The Kier molecular flexibility index (Phi) is 12.4. The first-order valence-electron chi connectivity index (χ1n) is 43.5. The largest absolute Gasteiger partial charge is 0.494 e. The Bertz CT molecular complexity index is 5790. The fourth-order valence-corrected chi connectivity index (χ4v) is 10.6. The van der Waals surface area contributed by atoms with Crippen molar-refractivity contribution in [1.82, 2.24) is 0 Å². The maximum atomic E-state index is 8.64. The van der Waals surface area contributed by atoms with Crippen molar-refractivity contribution in [2.75, 3.05) is 0 Å². The highest BCUT2D eigenvalue weighted by Gasteiger charge is 2.55. The molecule has 0 unspecified atom stereocenters. The SMILES string of the molecule is [2H]c1c([2H])c(-c2ccc3ccccc3c2)c([2H])c([2H])c1B1OC(C)(C)C(C)(C)O1.[2H]c1c([2H])c([2H])c(-c2ccc(B3OC(C)(C)C(C)(C)O3)cc2)c([2H])c1[2H].[2H]c1c([2H])c([2H])c2c(-c3ccc(B4OC(C)(C)C(C)(C)O4)cc3)c([2H])c([2H])c([2H])c2c1[2H].[2H]c1c([2H])c([2H])c2c([2H])c(-c3ccc(B4OC(C)(C)C(C)(C)O4)cc3)c([2H])c([2H])c2c1[2H]. The van der Waals surface area contributed by atoms with Crippen LogP contribution in [0.2, 0.25) is 0 Å². The molecule has 0 radical (unpaired) electrons. The molecule has 0 aromatic heterocycles. The van der Waals surface area contributed by atoms with E-state index in [1.165, 1.54) is 0 Å². The summed E-state index contributed by atoms with van der Waals surface area (Å²) in [7, 11) is -2.58. The molecule has 4 aliphatic heterocycles. The van der Waals surface area contributed by atoms with Gasteiger partial charge < -0.3 is 37.2 Å². The molecule has 0 atom stereocenters. The lowest BCUT2D eigenvalue weighted by Crippen LogP contribution is -2.41. The second-order valence-corrected chi connectivity index (χ2v) is 28.1. The Balaban J connectivity index is 0.000000146. The van der Waals surface area contributed by atoms with Crippen LogP contribution in [0.25, 0.3) is 76.8 Å². The van der Waals surface area contributed by atoms with Crippen molar-refractivity contribution in [3.63, 3.8) is 0 Å². The van der Waals surface area contributed by atoms with Gasteiger partial charge in [0.25, 0.3) is 0 Å². The number of rotatable bonds is 8. The van der Waals surface area contributed by atoms with Gasteiger partial charge in [-0.15, -0.1) is 0 Å². The Labute approximate surface area is 603 Å². The highest BCUT2D eigenvalue weighted by atomic mass is 16.7. The van der Waals surface area contributed by atoms with Crippen molar-refractivity contribution in [2.45, 2.75) is 156 Å². The third kappa shape index (κ3) is 14.3. The van der Waals surface area contributed by atoms with Gasteiger partial charge in [0.1, 0.15) is 0 Å². The van der Waals surface area contributed by atoms with Crippen molar-refractivity contribution in [1.29, 1.82) is 0 Å². The van der Waals surface area contributed by atoms with Gasteiger partial charge in [-0.3, -0.25) is 0 Å². The number of hydrogen-bond donors (Lipinski definition) is 0. The van der Waals surface area contributed by atoms with Crippen LogP contribution in [-0.2, 0) is 37.2 Å². The summed E-state index contributed by atoms with van der Waals surface area (Å²) in [6.07, 6.45) is 0. The highest BCUT2D eigenvalue weighted by Crippen LogP contribution is 2.41. The smallest absolute Gasteiger partial charge is 0.399 e. The Morgan fingerprint density at radius 2 is 0.594 bits per heavy atom. The molecule has 0 bridgehead atoms. The molecule has 11 aromatic rings. The summed E-state index contributed by atoms with van der Waals surface area (Å²) >= 11 is 0. The lowest BCUT2D eigenvalue weighted by atomic mass is 9.78. The normalized spacial score (nSPS) is 22.2. The highest BCUT2D eigenvalue weighted by molar-refractivity contribution is 6.63. The van der Waals surface area contributed by atoms with Gasteiger partial charge in [0.15, 0.2) is 0 Å². The van der Waals surface area contributed by atoms with E-state index in [1.807, 2.05) is 153 Å². The van der Waals surface area contributed by atoms with Crippen LogP contribution in [0.4, 0.5) is 0 Å². The molecule has 486 valence electrons. The zero-order valence-electron chi connectivity index (χ0n) is 80.0. The van der Waals surface area contributed by atoms with Crippen LogP contribution in [0.3, 0.4) is 0 Å². The Morgan fingerprint density at radius 1 is 0.240 bits per heavy atom. The van der Waals surface area contributed by atoms with Gasteiger partial charge in [-0.25, -0.2) is 0 Å². The zero-order valence-corrected chi connectivity index (χ0v) is 57.0. The van der Waals surface area contributed by atoms with E-state index >= 15 is 0 Å². The summed E-state index contributed by atoms with van der Waals surface area (Å²) in [5, 5.41) is 1.90. The molecule has 96 heavy (non-hydrogen) atoms. The van der Waals surface area contributed by atoms with E-state index in [9.17, 15) is 0 Å². The van der Waals surface area contributed by atoms with E-state index in [1.54, 1.807) is 72.8 Å². The summed E-state index contributed by atoms with van der Waals surface area (Å²) < 4.78 is 237. The maximum absolute atomic E-state index is 8.64. The third-order valence-electron chi connectivity index (χ3n) is 19.4. The van der Waals surface area contributed by atoms with Gasteiger partial charge in [-0.1, -0.05) is 242 Å². The van der Waals surface area contributed by atoms with Gasteiger partial charge in [-0.2, -0.15) is 0 Å². The fraction of sp³-hybridized carbons (Fsp3) is 0.286. The lowest BCUT2D eigenvalue weighted by molar-refractivity contribution is 0.00578. The number of hydrogen-bond acceptors (Lipinski definition) is 8. The Hall–Kier alpha value is -7.86. The van der Waals surface area contributed by atoms with Crippen molar-refractivity contribution in [3.05, 3.63) is 254 Å². The lowest BCUT2D eigenvalue weighted by Gasteiger charge is -2.32. The minimum Gasteiger partial charge on any atom is -0.399 e.